The van der Waals surface area contributed by atoms with Gasteiger partial charge in [0.1, 0.15) is 11.5 Å². The summed E-state index contributed by atoms with van der Waals surface area (Å²) in [4.78, 5) is 13.5. The van der Waals surface area contributed by atoms with E-state index in [1.165, 1.54) is 0 Å². The first kappa shape index (κ1) is 19.5. The minimum atomic E-state index is 0.314. The Balaban J connectivity index is 1.51. The van der Waals surface area contributed by atoms with Crippen LogP contribution in [-0.2, 0) is 11.2 Å². The Hall–Kier alpha value is -1.79. The zero-order valence-electron chi connectivity index (χ0n) is 15.5. The molecule has 2 N–H and O–H groups in total. The molecule has 1 amide bonds. The van der Waals surface area contributed by atoms with E-state index in [1.54, 1.807) is 14.2 Å². The maximum atomic E-state index is 11.5. The van der Waals surface area contributed by atoms with Gasteiger partial charge in [-0.1, -0.05) is 0 Å². The van der Waals surface area contributed by atoms with Crippen molar-refractivity contribution < 1.29 is 14.3 Å². The van der Waals surface area contributed by atoms with Crippen molar-refractivity contribution in [3.63, 3.8) is 0 Å². The number of ether oxygens (including phenoxy) is 2. The maximum absolute atomic E-state index is 11.5. The van der Waals surface area contributed by atoms with Gasteiger partial charge in [-0.2, -0.15) is 0 Å². The van der Waals surface area contributed by atoms with Crippen LogP contribution in [-0.4, -0.2) is 64.3 Å². The second kappa shape index (κ2) is 10.9. The molecule has 1 heterocycles. The summed E-state index contributed by atoms with van der Waals surface area (Å²) in [6.07, 6.45) is 3.67. The molecule has 0 aliphatic carbocycles. The Morgan fingerprint density at radius 1 is 1.08 bits per heavy atom. The van der Waals surface area contributed by atoms with Crippen LogP contribution < -0.4 is 20.1 Å². The van der Waals surface area contributed by atoms with E-state index in [0.29, 0.717) is 5.91 Å². The molecule has 2 rings (SSSR count). The van der Waals surface area contributed by atoms with Gasteiger partial charge in [0.15, 0.2) is 0 Å². The van der Waals surface area contributed by atoms with Crippen molar-refractivity contribution >= 4 is 5.91 Å². The predicted octanol–water partition coefficient (Wildman–Crippen LogP) is 1.44. The predicted molar refractivity (Wildman–Crippen MR) is 99.4 cm³/mol. The van der Waals surface area contributed by atoms with Crippen molar-refractivity contribution in [1.82, 2.24) is 15.5 Å². The van der Waals surface area contributed by atoms with Crippen LogP contribution in [0.15, 0.2) is 18.2 Å². The smallest absolute Gasteiger partial charge is 0.222 e. The number of benzene rings is 1. The highest BCUT2D eigenvalue weighted by Crippen LogP contribution is 2.24. The number of nitrogens with zero attached hydrogens (tertiary/aromatic N) is 1. The number of methoxy groups -OCH3 is 2. The van der Waals surface area contributed by atoms with Gasteiger partial charge in [0, 0.05) is 32.6 Å². The Morgan fingerprint density at radius 2 is 1.88 bits per heavy atom. The first-order valence-electron chi connectivity index (χ1n) is 9.14. The van der Waals surface area contributed by atoms with Gasteiger partial charge in [-0.25, -0.2) is 0 Å². The Kier molecular flexibility index (Phi) is 8.55. The summed E-state index contributed by atoms with van der Waals surface area (Å²) in [6.45, 7) is 5.53. The lowest BCUT2D eigenvalue weighted by Crippen LogP contribution is -2.32. The normalized spacial score (nSPS) is 14.2. The molecular formula is C19H31N3O3. The van der Waals surface area contributed by atoms with E-state index in [-0.39, 0.29) is 0 Å². The van der Waals surface area contributed by atoms with Gasteiger partial charge in [0.25, 0.3) is 0 Å². The Bertz CT molecular complexity index is 537. The first-order chi connectivity index (χ1) is 12.2. The van der Waals surface area contributed by atoms with E-state index in [2.05, 4.69) is 10.6 Å². The van der Waals surface area contributed by atoms with Gasteiger partial charge in [0.2, 0.25) is 5.91 Å². The van der Waals surface area contributed by atoms with Crippen LogP contribution >= 0.6 is 0 Å². The molecular weight excluding hydrogens is 318 g/mol. The van der Waals surface area contributed by atoms with E-state index in [9.17, 15) is 4.79 Å². The lowest BCUT2D eigenvalue weighted by Gasteiger charge is -2.15. The average molecular weight is 349 g/mol. The molecule has 0 aromatic heterocycles. The molecule has 0 atom stereocenters. The second-order valence-corrected chi connectivity index (χ2v) is 6.27. The summed E-state index contributed by atoms with van der Waals surface area (Å²) in [6, 6.07) is 5.88. The van der Waals surface area contributed by atoms with Crippen molar-refractivity contribution in [2.24, 2.45) is 0 Å². The van der Waals surface area contributed by atoms with Crippen LogP contribution in [0, 0.1) is 0 Å². The summed E-state index contributed by atoms with van der Waals surface area (Å²) in [5, 5.41) is 6.86. The lowest BCUT2D eigenvalue weighted by atomic mass is 10.1. The van der Waals surface area contributed by atoms with E-state index in [0.717, 1.165) is 82.0 Å². The number of carbonyl (C=O) groups excluding carboxylic acids is 1. The molecule has 1 saturated heterocycles. The van der Waals surface area contributed by atoms with Crippen molar-refractivity contribution in [2.75, 3.05) is 53.5 Å². The van der Waals surface area contributed by atoms with Crippen LogP contribution in [0.2, 0.25) is 0 Å². The third kappa shape index (κ3) is 6.55. The highest BCUT2D eigenvalue weighted by atomic mass is 16.5. The molecule has 25 heavy (non-hydrogen) atoms. The van der Waals surface area contributed by atoms with Gasteiger partial charge in [-0.05, 0) is 56.1 Å². The summed E-state index contributed by atoms with van der Waals surface area (Å²) >= 11 is 0. The zero-order chi connectivity index (χ0) is 17.9. The van der Waals surface area contributed by atoms with Crippen molar-refractivity contribution in [3.05, 3.63) is 23.8 Å². The molecule has 0 spiro atoms. The minimum Gasteiger partial charge on any atom is -0.497 e. The fourth-order valence-electron chi connectivity index (χ4n) is 3.06. The summed E-state index contributed by atoms with van der Waals surface area (Å²) in [5.74, 6) is 2.07. The van der Waals surface area contributed by atoms with E-state index < -0.39 is 0 Å². The summed E-state index contributed by atoms with van der Waals surface area (Å²) in [5.41, 5.74) is 1.15. The SMILES string of the molecule is COc1ccc(OC)c(CCNCCNCCCN2CCCC2=O)c1. The molecule has 1 aliphatic rings. The number of rotatable bonds is 12. The van der Waals surface area contributed by atoms with Gasteiger partial charge in [0.05, 0.1) is 14.2 Å². The molecule has 1 fully saturated rings. The fourth-order valence-corrected chi connectivity index (χ4v) is 3.06. The Morgan fingerprint density at radius 3 is 2.56 bits per heavy atom. The van der Waals surface area contributed by atoms with E-state index in [1.807, 2.05) is 23.1 Å². The monoisotopic (exact) mass is 349 g/mol. The molecule has 6 heteroatoms. The molecule has 6 nitrogen and oxygen atoms in total. The van der Waals surface area contributed by atoms with Crippen molar-refractivity contribution in [2.45, 2.75) is 25.7 Å². The number of hydrogen-bond acceptors (Lipinski definition) is 5. The standard InChI is InChI=1S/C19H31N3O3/c1-24-17-6-7-18(25-2)16(15-17)8-10-21-12-11-20-9-4-14-22-13-3-5-19(22)23/h6-7,15,20-21H,3-5,8-14H2,1-2H3. The maximum Gasteiger partial charge on any atom is 0.222 e. The average Bonchev–Trinajstić information content (AvgIpc) is 3.05. The molecule has 0 radical (unpaired) electrons. The highest BCUT2D eigenvalue weighted by Gasteiger charge is 2.18. The number of carbonyl (C=O) groups is 1. The lowest BCUT2D eigenvalue weighted by molar-refractivity contribution is -0.127. The number of likely N-dealkylation sites (tertiary alicyclic amines) is 1. The van der Waals surface area contributed by atoms with Gasteiger partial charge in [-0.3, -0.25) is 4.79 Å². The van der Waals surface area contributed by atoms with Crippen LogP contribution in [0.3, 0.4) is 0 Å². The quantitative estimate of drug-likeness (QED) is 0.559. The van der Waals surface area contributed by atoms with E-state index in [4.69, 9.17) is 9.47 Å². The number of hydrogen-bond donors (Lipinski definition) is 2. The van der Waals surface area contributed by atoms with Crippen LogP contribution in [0.1, 0.15) is 24.8 Å². The molecule has 1 aromatic carbocycles. The fraction of sp³-hybridized carbons (Fsp3) is 0.632. The van der Waals surface area contributed by atoms with Crippen molar-refractivity contribution in [1.29, 1.82) is 0 Å². The molecule has 1 aromatic rings. The number of nitrogens with one attached hydrogen (secondary N) is 2. The molecule has 1 aliphatic heterocycles. The minimum absolute atomic E-state index is 0.314. The third-order valence-corrected chi connectivity index (χ3v) is 4.49. The van der Waals surface area contributed by atoms with Crippen LogP contribution in [0.4, 0.5) is 0 Å². The number of amides is 1. The first-order valence-corrected chi connectivity index (χ1v) is 9.14. The molecule has 0 saturated carbocycles. The largest absolute Gasteiger partial charge is 0.497 e. The molecule has 0 bridgehead atoms. The van der Waals surface area contributed by atoms with Gasteiger partial charge < -0.3 is 25.0 Å². The zero-order valence-corrected chi connectivity index (χ0v) is 15.5. The topological polar surface area (TPSA) is 62.8 Å². The van der Waals surface area contributed by atoms with E-state index >= 15 is 0 Å². The van der Waals surface area contributed by atoms with Crippen LogP contribution in [0.5, 0.6) is 11.5 Å². The Labute approximate surface area is 150 Å². The van der Waals surface area contributed by atoms with Gasteiger partial charge >= 0.3 is 0 Å². The van der Waals surface area contributed by atoms with Crippen LogP contribution in [0.25, 0.3) is 0 Å². The molecule has 0 unspecified atom stereocenters. The third-order valence-electron chi connectivity index (χ3n) is 4.49. The second-order valence-electron chi connectivity index (χ2n) is 6.27. The highest BCUT2D eigenvalue weighted by molar-refractivity contribution is 5.77. The van der Waals surface area contributed by atoms with Crippen molar-refractivity contribution in [3.8, 4) is 11.5 Å². The summed E-state index contributed by atoms with van der Waals surface area (Å²) in [7, 11) is 3.37. The molecule has 140 valence electrons. The van der Waals surface area contributed by atoms with Gasteiger partial charge in [-0.15, -0.1) is 0 Å². The summed E-state index contributed by atoms with van der Waals surface area (Å²) < 4.78 is 10.7.